The zero-order chi connectivity index (χ0) is 22.6. The van der Waals surface area contributed by atoms with Crippen LogP contribution in [0.5, 0.6) is 11.5 Å². The number of carbonyl (C=O) groups excluding carboxylic acids is 1. The summed E-state index contributed by atoms with van der Waals surface area (Å²) in [5, 5.41) is 5.08. The molecule has 33 heavy (non-hydrogen) atoms. The van der Waals surface area contributed by atoms with Crippen molar-refractivity contribution in [3.8, 4) is 28.3 Å². The minimum atomic E-state index is -0.140. The van der Waals surface area contributed by atoms with Gasteiger partial charge in [0.15, 0.2) is 0 Å². The highest BCUT2D eigenvalue weighted by atomic mass is 32.1. The van der Waals surface area contributed by atoms with E-state index in [2.05, 4.69) is 35.8 Å². The summed E-state index contributed by atoms with van der Waals surface area (Å²) in [6, 6.07) is 29.3. The summed E-state index contributed by atoms with van der Waals surface area (Å²) in [7, 11) is 0. The first-order chi connectivity index (χ1) is 16.2. The topological polar surface area (TPSA) is 43.3 Å². The van der Waals surface area contributed by atoms with Gasteiger partial charge in [-0.2, -0.15) is 0 Å². The van der Waals surface area contributed by atoms with E-state index in [0.717, 1.165) is 22.6 Å². The predicted octanol–water partition coefficient (Wildman–Crippen LogP) is 7.56. The van der Waals surface area contributed by atoms with Gasteiger partial charge in [-0.25, -0.2) is 0 Å². The van der Waals surface area contributed by atoms with Gasteiger partial charge in [-0.1, -0.05) is 48.0 Å². The molecule has 0 fully saturated rings. The van der Waals surface area contributed by atoms with Crippen molar-refractivity contribution in [3.63, 3.8) is 0 Å². The average molecular weight is 451 g/mol. The molecule has 2 heterocycles. The summed E-state index contributed by atoms with van der Waals surface area (Å²) >= 11 is 1.45. The molecule has 0 bridgehead atoms. The zero-order valence-corrected chi connectivity index (χ0v) is 18.9. The van der Waals surface area contributed by atoms with Crippen molar-refractivity contribution in [1.82, 2.24) is 4.57 Å². The summed E-state index contributed by atoms with van der Waals surface area (Å²) < 4.78 is 7.84. The highest BCUT2D eigenvalue weighted by Gasteiger charge is 2.20. The number of nitrogens with zero attached hydrogens (tertiary/aromatic N) is 1. The Morgan fingerprint density at radius 3 is 2.30 bits per heavy atom. The number of ether oxygens (including phenoxy) is 1. The van der Waals surface area contributed by atoms with E-state index >= 15 is 0 Å². The van der Waals surface area contributed by atoms with E-state index in [1.54, 1.807) is 0 Å². The van der Waals surface area contributed by atoms with E-state index < -0.39 is 0 Å². The largest absolute Gasteiger partial charge is 0.457 e. The third-order valence-electron chi connectivity index (χ3n) is 5.25. The molecule has 0 spiro atoms. The molecule has 3 aromatic carbocycles. The summed E-state index contributed by atoms with van der Waals surface area (Å²) in [6.45, 7) is 2.07. The van der Waals surface area contributed by atoms with Crippen LogP contribution < -0.4 is 10.1 Å². The van der Waals surface area contributed by atoms with Crippen LogP contribution in [0.4, 0.5) is 5.69 Å². The molecule has 5 heteroatoms. The lowest BCUT2D eigenvalue weighted by Crippen LogP contribution is -2.12. The number of benzene rings is 3. The number of amides is 1. The third kappa shape index (κ3) is 4.59. The van der Waals surface area contributed by atoms with Crippen LogP contribution in [0.1, 0.15) is 15.2 Å². The maximum atomic E-state index is 13.3. The van der Waals surface area contributed by atoms with Crippen LogP contribution in [-0.2, 0) is 0 Å². The molecule has 2 aromatic heterocycles. The normalized spacial score (nSPS) is 10.7. The smallest absolute Gasteiger partial charge is 0.267 e. The second-order valence-electron chi connectivity index (χ2n) is 7.68. The lowest BCUT2D eigenvalue weighted by atomic mass is 10.0. The number of para-hydroxylation sites is 1. The van der Waals surface area contributed by atoms with Crippen LogP contribution in [0, 0.1) is 6.92 Å². The molecule has 0 radical (unpaired) electrons. The van der Waals surface area contributed by atoms with Gasteiger partial charge in [-0.3, -0.25) is 4.79 Å². The number of anilines is 1. The Balaban J connectivity index is 1.41. The number of aryl methyl sites for hydroxylation is 1. The van der Waals surface area contributed by atoms with Crippen LogP contribution in [0.3, 0.4) is 0 Å². The monoisotopic (exact) mass is 450 g/mol. The van der Waals surface area contributed by atoms with Gasteiger partial charge in [0.25, 0.3) is 5.91 Å². The van der Waals surface area contributed by atoms with Crippen molar-refractivity contribution >= 4 is 22.9 Å². The van der Waals surface area contributed by atoms with E-state index in [4.69, 9.17) is 4.74 Å². The van der Waals surface area contributed by atoms with Crippen molar-refractivity contribution in [2.24, 2.45) is 0 Å². The average Bonchev–Trinajstić information content (AvgIpc) is 3.51. The maximum Gasteiger partial charge on any atom is 0.267 e. The Kier molecular flexibility index (Phi) is 5.79. The van der Waals surface area contributed by atoms with Crippen molar-refractivity contribution < 1.29 is 9.53 Å². The number of thiophene rings is 1. The van der Waals surface area contributed by atoms with Crippen LogP contribution in [0.15, 0.2) is 109 Å². The fourth-order valence-electron chi connectivity index (χ4n) is 3.69. The molecule has 4 nitrogen and oxygen atoms in total. The van der Waals surface area contributed by atoms with Gasteiger partial charge in [0.2, 0.25) is 0 Å². The van der Waals surface area contributed by atoms with E-state index in [-0.39, 0.29) is 5.91 Å². The SMILES string of the molecule is Cc1cccc(-c2csc(C(=O)Nc3ccc(Oc4ccccc4)cc3)c2-n2cccc2)c1. The van der Waals surface area contributed by atoms with E-state index in [1.165, 1.54) is 16.9 Å². The minimum absolute atomic E-state index is 0.140. The highest BCUT2D eigenvalue weighted by Crippen LogP contribution is 2.36. The highest BCUT2D eigenvalue weighted by molar-refractivity contribution is 7.13. The number of aromatic nitrogens is 1. The Labute approximate surface area is 196 Å². The molecule has 1 amide bonds. The van der Waals surface area contributed by atoms with Crippen molar-refractivity contribution in [2.45, 2.75) is 6.92 Å². The molecule has 162 valence electrons. The summed E-state index contributed by atoms with van der Waals surface area (Å²) in [6.07, 6.45) is 3.93. The fourth-order valence-corrected chi connectivity index (χ4v) is 4.66. The number of carbonyl (C=O) groups is 1. The molecule has 0 unspecified atom stereocenters. The van der Waals surface area contributed by atoms with E-state index in [1.807, 2.05) is 89.8 Å². The Hall–Kier alpha value is -4.09. The molecule has 0 saturated heterocycles. The summed E-state index contributed by atoms with van der Waals surface area (Å²) in [5.41, 5.74) is 4.91. The Morgan fingerprint density at radius 1 is 0.848 bits per heavy atom. The Morgan fingerprint density at radius 2 is 1.58 bits per heavy atom. The third-order valence-corrected chi connectivity index (χ3v) is 6.22. The summed E-state index contributed by atoms with van der Waals surface area (Å²) in [5.74, 6) is 1.34. The number of nitrogens with one attached hydrogen (secondary N) is 1. The second kappa shape index (κ2) is 9.18. The lowest BCUT2D eigenvalue weighted by Gasteiger charge is -2.11. The second-order valence-corrected chi connectivity index (χ2v) is 8.56. The predicted molar refractivity (Wildman–Crippen MR) is 135 cm³/mol. The summed E-state index contributed by atoms with van der Waals surface area (Å²) in [4.78, 5) is 13.9. The Bertz CT molecular complexity index is 1370. The number of hydrogen-bond donors (Lipinski definition) is 1. The molecule has 5 rings (SSSR count). The van der Waals surface area contributed by atoms with Gasteiger partial charge in [-0.05, 0) is 61.0 Å². The fraction of sp³-hybridized carbons (Fsp3) is 0.0357. The lowest BCUT2D eigenvalue weighted by molar-refractivity contribution is 0.103. The van der Waals surface area contributed by atoms with E-state index in [9.17, 15) is 4.79 Å². The first-order valence-electron chi connectivity index (χ1n) is 10.6. The van der Waals surface area contributed by atoms with Crippen molar-refractivity contribution in [3.05, 3.63) is 119 Å². The zero-order valence-electron chi connectivity index (χ0n) is 18.1. The van der Waals surface area contributed by atoms with Gasteiger partial charge < -0.3 is 14.6 Å². The first-order valence-corrected chi connectivity index (χ1v) is 11.5. The van der Waals surface area contributed by atoms with Crippen LogP contribution in [-0.4, -0.2) is 10.5 Å². The van der Waals surface area contributed by atoms with Crippen molar-refractivity contribution in [2.75, 3.05) is 5.32 Å². The standard InChI is InChI=1S/C28H22N2O2S/c1-20-8-7-9-21(18-20)25-19-33-27(26(25)30-16-5-6-17-30)28(31)29-22-12-14-24(15-13-22)32-23-10-3-2-4-11-23/h2-19H,1H3,(H,29,31). The van der Waals surface area contributed by atoms with Crippen LogP contribution >= 0.6 is 11.3 Å². The minimum Gasteiger partial charge on any atom is -0.457 e. The molecule has 0 aliphatic carbocycles. The van der Waals surface area contributed by atoms with Crippen LogP contribution in [0.25, 0.3) is 16.8 Å². The maximum absolute atomic E-state index is 13.3. The molecule has 0 saturated carbocycles. The van der Waals surface area contributed by atoms with Gasteiger partial charge in [-0.15, -0.1) is 11.3 Å². The van der Waals surface area contributed by atoms with Gasteiger partial charge >= 0.3 is 0 Å². The van der Waals surface area contributed by atoms with Gasteiger partial charge in [0.05, 0.1) is 5.69 Å². The first kappa shape index (κ1) is 20.8. The molecule has 0 atom stereocenters. The number of rotatable bonds is 6. The van der Waals surface area contributed by atoms with Crippen LogP contribution in [0.2, 0.25) is 0 Å². The molecule has 5 aromatic rings. The molecule has 0 aliphatic heterocycles. The quantitative estimate of drug-likeness (QED) is 0.290. The van der Waals surface area contributed by atoms with Gasteiger partial charge in [0, 0.05) is 29.0 Å². The van der Waals surface area contributed by atoms with E-state index in [0.29, 0.717) is 16.3 Å². The molecular formula is C28H22N2O2S. The number of hydrogen-bond acceptors (Lipinski definition) is 3. The molecular weight excluding hydrogens is 428 g/mol. The molecule has 0 aliphatic rings. The molecule has 1 N–H and O–H groups in total. The van der Waals surface area contributed by atoms with Crippen molar-refractivity contribution in [1.29, 1.82) is 0 Å². The van der Waals surface area contributed by atoms with Gasteiger partial charge in [0.1, 0.15) is 16.4 Å².